The molecule has 2 saturated heterocycles. The van der Waals surface area contributed by atoms with E-state index in [0.717, 1.165) is 65.0 Å². The van der Waals surface area contributed by atoms with E-state index >= 15 is 0 Å². The molecule has 2 rings (SSSR count). The number of rotatable bonds is 11. The Morgan fingerprint density at radius 3 is 1.56 bits per heavy atom. The normalized spacial score (nSPS) is 33.2. The van der Waals surface area contributed by atoms with Crippen LogP contribution in [0, 0.1) is 0 Å². The molecule has 0 aromatic heterocycles. The quantitative estimate of drug-likeness (QED) is 0.173. The van der Waals surface area contributed by atoms with Crippen LogP contribution in [0.1, 0.15) is 81.1 Å². The van der Waals surface area contributed by atoms with Gasteiger partial charge < -0.3 is 16.0 Å². The summed E-state index contributed by atoms with van der Waals surface area (Å²) in [5, 5.41) is 36.7. The minimum atomic E-state index is -0.118. The first-order chi connectivity index (χ1) is 14.7. The molecule has 0 aliphatic carbocycles. The highest BCUT2D eigenvalue weighted by atomic mass is 16.5. The third kappa shape index (κ3) is 7.60. The largest absolute Gasteiger partial charge is 0.314 e. The maximum absolute atomic E-state index is 10.5. The summed E-state index contributed by atoms with van der Waals surface area (Å²) in [6.45, 7) is 22.9. The lowest BCUT2D eigenvalue weighted by Crippen LogP contribution is -3.26. The van der Waals surface area contributed by atoms with Gasteiger partial charge in [-0.1, -0.05) is 0 Å². The van der Waals surface area contributed by atoms with Gasteiger partial charge in [0.1, 0.15) is 34.7 Å². The van der Waals surface area contributed by atoms with Gasteiger partial charge >= 0.3 is 0 Å². The zero-order chi connectivity index (χ0) is 24.2. The summed E-state index contributed by atoms with van der Waals surface area (Å²) >= 11 is 0. The summed E-state index contributed by atoms with van der Waals surface area (Å²) in [5.41, 5.74) is -0.474. The summed E-state index contributed by atoms with van der Waals surface area (Å²) in [5.74, 6) is 0. The van der Waals surface area contributed by atoms with Crippen molar-refractivity contribution in [2.45, 2.75) is 115 Å². The van der Waals surface area contributed by atoms with E-state index in [2.05, 4.69) is 76.7 Å². The SMILES string of the molecule is CC1(C)CC(NCCNCCNCC[NH+]C2CC(C)(C)[NH+](O)C(C)(C)C2)CC(C)(C)[NH+]1O. The Balaban J connectivity index is 1.50. The molecule has 8 N–H and O–H groups in total. The summed E-state index contributed by atoms with van der Waals surface area (Å²) in [6, 6.07) is 0.910. The van der Waals surface area contributed by atoms with Crippen LogP contribution in [0.4, 0.5) is 0 Å². The highest BCUT2D eigenvalue weighted by Gasteiger charge is 2.52. The number of quaternary nitrogens is 2. The van der Waals surface area contributed by atoms with Crippen molar-refractivity contribution in [1.29, 1.82) is 0 Å². The number of hydrogen-bond acceptors (Lipinski definition) is 6. The van der Waals surface area contributed by atoms with E-state index in [4.69, 9.17) is 0 Å². The average molecular weight is 459 g/mol. The molecule has 2 heterocycles. The Hall–Kier alpha value is -0.320. The zero-order valence-corrected chi connectivity index (χ0v) is 22.1. The van der Waals surface area contributed by atoms with Crippen molar-refractivity contribution in [3.05, 3.63) is 0 Å². The van der Waals surface area contributed by atoms with Crippen molar-refractivity contribution in [3.63, 3.8) is 0 Å². The van der Waals surface area contributed by atoms with Crippen LogP contribution in [0.15, 0.2) is 0 Å². The van der Waals surface area contributed by atoms with E-state index in [0.29, 0.717) is 22.2 Å². The number of nitrogens with one attached hydrogen (secondary N) is 6. The number of hydroxylamine groups is 4. The van der Waals surface area contributed by atoms with E-state index in [9.17, 15) is 10.4 Å². The highest BCUT2D eigenvalue weighted by Crippen LogP contribution is 2.23. The fourth-order valence-electron chi connectivity index (χ4n) is 6.27. The van der Waals surface area contributed by atoms with Gasteiger partial charge in [0.2, 0.25) is 0 Å². The number of hydrogen-bond donors (Lipinski definition) is 8. The zero-order valence-electron chi connectivity index (χ0n) is 22.1. The van der Waals surface area contributed by atoms with E-state index in [1.165, 1.54) is 0 Å². The molecule has 0 aromatic carbocycles. The lowest BCUT2D eigenvalue weighted by atomic mass is 9.79. The van der Waals surface area contributed by atoms with Gasteiger partial charge in [-0.25, -0.2) is 10.4 Å². The van der Waals surface area contributed by atoms with Crippen LogP contribution in [0.3, 0.4) is 0 Å². The Labute approximate surface area is 196 Å². The molecule has 0 saturated carbocycles. The monoisotopic (exact) mass is 458 g/mol. The smallest absolute Gasteiger partial charge is 0.143 e. The molecule has 8 nitrogen and oxygen atoms in total. The van der Waals surface area contributed by atoms with Crippen molar-refractivity contribution >= 4 is 0 Å². The minimum Gasteiger partial charge on any atom is -0.314 e. The fourth-order valence-corrected chi connectivity index (χ4v) is 6.27. The summed E-state index contributed by atoms with van der Waals surface area (Å²) in [4.78, 5) is 0. The molecule has 0 unspecified atom stereocenters. The lowest BCUT2D eigenvalue weighted by Gasteiger charge is -2.47. The van der Waals surface area contributed by atoms with E-state index in [1.54, 1.807) is 0 Å². The molecule has 2 aliphatic heterocycles. The van der Waals surface area contributed by atoms with E-state index in [-0.39, 0.29) is 22.2 Å². The molecule has 2 fully saturated rings. The summed E-state index contributed by atoms with van der Waals surface area (Å²) in [6.07, 6.45) is 3.96. The molecule has 0 aromatic rings. The van der Waals surface area contributed by atoms with Gasteiger partial charge in [0.05, 0.1) is 12.8 Å². The molecule has 32 heavy (non-hydrogen) atoms. The predicted molar refractivity (Wildman–Crippen MR) is 127 cm³/mol. The minimum absolute atomic E-state index is 0.118. The van der Waals surface area contributed by atoms with Gasteiger partial charge in [0.25, 0.3) is 0 Å². The van der Waals surface area contributed by atoms with Gasteiger partial charge in [-0.15, -0.1) is 0 Å². The molecule has 0 atom stereocenters. The number of piperidine rings is 2. The van der Waals surface area contributed by atoms with E-state index < -0.39 is 0 Å². The Morgan fingerprint density at radius 2 is 1.06 bits per heavy atom. The summed E-state index contributed by atoms with van der Waals surface area (Å²) in [7, 11) is 0. The second kappa shape index (κ2) is 11.0. The third-order valence-corrected chi connectivity index (χ3v) is 7.54. The van der Waals surface area contributed by atoms with Crippen LogP contribution in [-0.2, 0) is 0 Å². The Kier molecular flexibility index (Phi) is 9.55. The molecule has 2 aliphatic rings. The van der Waals surface area contributed by atoms with Gasteiger partial charge in [0, 0.05) is 51.6 Å². The van der Waals surface area contributed by atoms with Gasteiger partial charge in [-0.05, 0) is 55.4 Å². The molecule has 0 bridgehead atoms. The van der Waals surface area contributed by atoms with Crippen LogP contribution in [-0.4, -0.2) is 83.9 Å². The standard InChI is InChI=1S/C24H52N6O2/c1-21(2)15-19(16-22(3,4)29(21)31)27-13-11-25-9-10-26-12-14-28-20-17-23(5,6)30(32)24(7,8)18-20/h19-20,25-28,31-32H,9-18H2,1-8H3/q+1/p+2. The van der Waals surface area contributed by atoms with Crippen LogP contribution in [0.25, 0.3) is 0 Å². The third-order valence-electron chi connectivity index (χ3n) is 7.54. The van der Waals surface area contributed by atoms with Crippen LogP contribution in [0.2, 0.25) is 0 Å². The van der Waals surface area contributed by atoms with Gasteiger partial charge in [0.15, 0.2) is 0 Å². The molecule has 0 amide bonds. The fraction of sp³-hybridized carbons (Fsp3) is 1.00. The molecule has 8 heteroatoms. The van der Waals surface area contributed by atoms with Crippen molar-refractivity contribution in [3.8, 4) is 0 Å². The second-order valence-corrected chi connectivity index (χ2v) is 12.9. The molecule has 1 radical (unpaired) electrons. The Morgan fingerprint density at radius 1 is 0.656 bits per heavy atom. The van der Waals surface area contributed by atoms with Crippen molar-refractivity contribution in [2.24, 2.45) is 0 Å². The first-order valence-corrected chi connectivity index (χ1v) is 12.7. The first kappa shape index (κ1) is 27.9. The van der Waals surface area contributed by atoms with Gasteiger partial charge in [-0.2, -0.15) is 15.4 Å². The molecule has 0 spiro atoms. The van der Waals surface area contributed by atoms with Crippen LogP contribution >= 0.6 is 0 Å². The average Bonchev–Trinajstić information content (AvgIpc) is 2.64. The summed E-state index contributed by atoms with van der Waals surface area (Å²) < 4.78 is 0. The topological polar surface area (TPSA) is 101 Å². The van der Waals surface area contributed by atoms with Gasteiger partial charge in [-0.3, -0.25) is 0 Å². The van der Waals surface area contributed by atoms with E-state index in [1.807, 2.05) is 0 Å². The molecular formula is C24H54N6O2+3. The van der Waals surface area contributed by atoms with Crippen molar-refractivity contribution in [2.75, 3.05) is 39.3 Å². The van der Waals surface area contributed by atoms with Crippen LogP contribution in [0.5, 0.6) is 0 Å². The lowest BCUT2D eigenvalue weighted by molar-refractivity contribution is -1.17. The molecular weight excluding hydrogens is 404 g/mol. The maximum Gasteiger partial charge on any atom is 0.143 e. The van der Waals surface area contributed by atoms with Crippen molar-refractivity contribution in [1.82, 2.24) is 16.0 Å². The predicted octanol–water partition coefficient (Wildman–Crippen LogP) is -1.91. The van der Waals surface area contributed by atoms with Crippen LogP contribution < -0.4 is 31.4 Å². The second-order valence-electron chi connectivity index (χ2n) is 12.9. The highest BCUT2D eigenvalue weighted by molar-refractivity contribution is 4.88. The Bertz CT molecular complexity index is 495. The molecule has 189 valence electrons. The maximum atomic E-state index is 10.5. The van der Waals surface area contributed by atoms with Crippen molar-refractivity contribution < 1.29 is 25.9 Å². The first-order valence-electron chi connectivity index (χ1n) is 12.7.